The molecule has 0 aliphatic rings. The van der Waals surface area contributed by atoms with Gasteiger partial charge in [-0.2, -0.15) is 0 Å². The highest BCUT2D eigenvalue weighted by atomic mass is 19.2. The van der Waals surface area contributed by atoms with E-state index < -0.39 is 23.2 Å². The Kier molecular flexibility index (Phi) is 3.83. The maximum absolute atomic E-state index is 13.4. The number of esters is 1. The summed E-state index contributed by atoms with van der Waals surface area (Å²) in [6.07, 6.45) is 1.31. The van der Waals surface area contributed by atoms with Crippen molar-refractivity contribution in [2.45, 2.75) is 20.4 Å². The second-order valence-corrected chi connectivity index (χ2v) is 4.17. The van der Waals surface area contributed by atoms with Gasteiger partial charge in [-0.1, -0.05) is 0 Å². The number of aromatic nitrogens is 1. The highest BCUT2D eigenvalue weighted by Crippen LogP contribution is 2.20. The molecular weight excluding hydrogens is 268 g/mol. The third-order valence-corrected chi connectivity index (χ3v) is 2.96. The van der Waals surface area contributed by atoms with Crippen LogP contribution >= 0.6 is 0 Å². The Morgan fingerprint density at radius 2 is 1.80 bits per heavy atom. The van der Waals surface area contributed by atoms with E-state index in [4.69, 9.17) is 4.74 Å². The van der Waals surface area contributed by atoms with E-state index in [1.54, 1.807) is 13.8 Å². The van der Waals surface area contributed by atoms with E-state index >= 15 is 0 Å². The van der Waals surface area contributed by atoms with Crippen LogP contribution in [0.1, 0.15) is 24.2 Å². The summed E-state index contributed by atoms with van der Waals surface area (Å²) in [6, 6.07) is 1.65. The number of carbonyl (C=O) groups is 1. The molecule has 0 aliphatic carbocycles. The van der Waals surface area contributed by atoms with Crippen LogP contribution in [0.15, 0.2) is 23.1 Å². The fourth-order valence-corrected chi connectivity index (χ4v) is 1.99. The summed E-state index contributed by atoms with van der Waals surface area (Å²) in [5, 5.41) is 0.00773. The molecule has 2 aromatic rings. The van der Waals surface area contributed by atoms with Gasteiger partial charge in [0.1, 0.15) is 0 Å². The lowest BCUT2D eigenvalue weighted by atomic mass is 10.1. The first-order valence-electron chi connectivity index (χ1n) is 6.18. The Hall–Kier alpha value is -2.24. The van der Waals surface area contributed by atoms with Gasteiger partial charge in [-0.15, -0.1) is 0 Å². The number of carbonyl (C=O) groups excluding carboxylic acids is 1. The average Bonchev–Trinajstić information content (AvgIpc) is 2.42. The molecule has 2 rings (SSSR count). The summed E-state index contributed by atoms with van der Waals surface area (Å²) in [5.74, 6) is -2.92. The van der Waals surface area contributed by atoms with Crippen LogP contribution in [-0.2, 0) is 11.3 Å². The molecule has 0 amide bonds. The van der Waals surface area contributed by atoms with Crippen molar-refractivity contribution >= 4 is 16.7 Å². The summed E-state index contributed by atoms with van der Waals surface area (Å²) >= 11 is 0. The third kappa shape index (κ3) is 2.29. The molecule has 1 aromatic heterocycles. The van der Waals surface area contributed by atoms with Crippen LogP contribution < -0.4 is 5.56 Å². The van der Waals surface area contributed by atoms with Gasteiger partial charge in [0.2, 0.25) is 0 Å². The molecule has 0 saturated heterocycles. The van der Waals surface area contributed by atoms with Gasteiger partial charge in [0, 0.05) is 18.1 Å². The number of rotatable bonds is 3. The van der Waals surface area contributed by atoms with Crippen LogP contribution in [0, 0.1) is 11.6 Å². The van der Waals surface area contributed by atoms with Gasteiger partial charge in [-0.05, 0) is 26.0 Å². The fraction of sp³-hybridized carbons (Fsp3) is 0.286. The molecule has 0 saturated carbocycles. The van der Waals surface area contributed by atoms with E-state index in [2.05, 4.69) is 0 Å². The number of hydrogen-bond donors (Lipinski definition) is 0. The minimum Gasteiger partial charge on any atom is -0.462 e. The van der Waals surface area contributed by atoms with Crippen molar-refractivity contribution in [1.82, 2.24) is 4.57 Å². The summed E-state index contributed by atoms with van der Waals surface area (Å²) < 4.78 is 32.8. The summed E-state index contributed by atoms with van der Waals surface area (Å²) in [4.78, 5) is 24.0. The molecule has 4 nitrogen and oxygen atoms in total. The summed E-state index contributed by atoms with van der Waals surface area (Å²) in [5.41, 5.74) is -0.434. The first kappa shape index (κ1) is 14.2. The molecule has 106 valence electrons. The maximum Gasteiger partial charge on any atom is 0.340 e. The number of hydrogen-bond acceptors (Lipinski definition) is 3. The standard InChI is InChI=1S/C14H13F2NO3/c1-3-17-7-10(14(19)20-4-2)8-5-11(15)12(16)6-9(8)13(17)18/h5-7H,3-4H2,1-2H3. The van der Waals surface area contributed by atoms with Crippen LogP contribution in [0.2, 0.25) is 0 Å². The van der Waals surface area contributed by atoms with Crippen molar-refractivity contribution in [2.75, 3.05) is 6.61 Å². The van der Waals surface area contributed by atoms with Gasteiger partial charge in [0.25, 0.3) is 5.56 Å². The number of pyridine rings is 1. The smallest absolute Gasteiger partial charge is 0.340 e. The molecule has 0 unspecified atom stereocenters. The van der Waals surface area contributed by atoms with Gasteiger partial charge in [0.05, 0.1) is 17.6 Å². The molecule has 0 radical (unpaired) electrons. The van der Waals surface area contributed by atoms with E-state index in [-0.39, 0.29) is 22.9 Å². The first-order chi connectivity index (χ1) is 9.49. The minimum absolute atomic E-state index is 0.0437. The number of fused-ring (bicyclic) bond motifs is 1. The topological polar surface area (TPSA) is 48.3 Å². The monoisotopic (exact) mass is 281 g/mol. The zero-order valence-electron chi connectivity index (χ0n) is 11.1. The van der Waals surface area contributed by atoms with E-state index in [1.165, 1.54) is 10.8 Å². The van der Waals surface area contributed by atoms with Crippen molar-refractivity contribution in [3.05, 3.63) is 45.9 Å². The first-order valence-corrected chi connectivity index (χ1v) is 6.18. The number of aryl methyl sites for hydroxylation is 1. The quantitative estimate of drug-likeness (QED) is 0.812. The molecule has 0 bridgehead atoms. The Labute approximate surface area is 113 Å². The Morgan fingerprint density at radius 3 is 2.35 bits per heavy atom. The molecule has 1 heterocycles. The van der Waals surface area contributed by atoms with Gasteiger partial charge in [0.15, 0.2) is 11.6 Å². The fourth-order valence-electron chi connectivity index (χ4n) is 1.99. The van der Waals surface area contributed by atoms with Crippen molar-refractivity contribution in [1.29, 1.82) is 0 Å². The number of ether oxygens (including phenoxy) is 1. The molecule has 1 aromatic carbocycles. The lowest BCUT2D eigenvalue weighted by Crippen LogP contribution is -2.22. The highest BCUT2D eigenvalue weighted by molar-refractivity contribution is 6.03. The Balaban J connectivity index is 2.86. The lowest BCUT2D eigenvalue weighted by molar-refractivity contribution is 0.0527. The van der Waals surface area contributed by atoms with Crippen LogP contribution in [0.5, 0.6) is 0 Å². The minimum atomic E-state index is -1.13. The lowest BCUT2D eigenvalue weighted by Gasteiger charge is -2.10. The second kappa shape index (κ2) is 5.40. The number of halogens is 2. The van der Waals surface area contributed by atoms with E-state index in [0.29, 0.717) is 6.54 Å². The van der Waals surface area contributed by atoms with E-state index in [0.717, 1.165) is 12.1 Å². The van der Waals surface area contributed by atoms with E-state index in [1.807, 2.05) is 0 Å². The SMILES string of the molecule is CCOC(=O)c1cn(CC)c(=O)c2cc(F)c(F)cc12. The number of benzene rings is 1. The molecule has 20 heavy (non-hydrogen) atoms. The van der Waals surface area contributed by atoms with Gasteiger partial charge < -0.3 is 9.30 Å². The predicted molar refractivity (Wildman–Crippen MR) is 69.8 cm³/mol. The normalized spacial score (nSPS) is 10.8. The molecule has 0 aliphatic heterocycles. The number of nitrogens with zero attached hydrogens (tertiary/aromatic N) is 1. The maximum atomic E-state index is 13.4. The molecule has 6 heteroatoms. The second-order valence-electron chi connectivity index (χ2n) is 4.17. The van der Waals surface area contributed by atoms with E-state index in [9.17, 15) is 18.4 Å². The zero-order valence-corrected chi connectivity index (χ0v) is 11.1. The molecule has 0 spiro atoms. The summed E-state index contributed by atoms with van der Waals surface area (Å²) in [6.45, 7) is 3.80. The summed E-state index contributed by atoms with van der Waals surface area (Å²) in [7, 11) is 0. The predicted octanol–water partition coefficient (Wildman–Crippen LogP) is 2.48. The highest BCUT2D eigenvalue weighted by Gasteiger charge is 2.17. The van der Waals surface area contributed by atoms with Crippen molar-refractivity contribution in [3.8, 4) is 0 Å². The Morgan fingerprint density at radius 1 is 1.20 bits per heavy atom. The van der Waals surface area contributed by atoms with Crippen molar-refractivity contribution in [3.63, 3.8) is 0 Å². The Bertz CT molecular complexity index is 737. The van der Waals surface area contributed by atoms with Gasteiger partial charge in [-0.3, -0.25) is 4.79 Å². The van der Waals surface area contributed by atoms with Crippen LogP contribution in [0.3, 0.4) is 0 Å². The zero-order chi connectivity index (χ0) is 14.9. The van der Waals surface area contributed by atoms with Crippen LogP contribution in [0.4, 0.5) is 8.78 Å². The third-order valence-electron chi connectivity index (χ3n) is 2.96. The van der Waals surface area contributed by atoms with Gasteiger partial charge >= 0.3 is 5.97 Å². The van der Waals surface area contributed by atoms with Crippen molar-refractivity contribution in [2.24, 2.45) is 0 Å². The van der Waals surface area contributed by atoms with Crippen LogP contribution in [0.25, 0.3) is 10.8 Å². The molecule has 0 atom stereocenters. The van der Waals surface area contributed by atoms with Crippen molar-refractivity contribution < 1.29 is 18.3 Å². The van der Waals surface area contributed by atoms with Gasteiger partial charge in [-0.25, -0.2) is 13.6 Å². The molecular formula is C14H13F2NO3. The van der Waals surface area contributed by atoms with Crippen LogP contribution in [-0.4, -0.2) is 17.1 Å². The molecule has 0 N–H and O–H groups in total. The average molecular weight is 281 g/mol. The largest absolute Gasteiger partial charge is 0.462 e. The molecule has 0 fully saturated rings.